The summed E-state index contributed by atoms with van der Waals surface area (Å²) in [6, 6.07) is 1.93. The van der Waals surface area contributed by atoms with Crippen molar-refractivity contribution in [2.45, 2.75) is 20.8 Å². The standard InChI is InChI=1S/C12H17N5O/c1-7-6-8(2)17-11(15-7)10(9(3)16-17)12(18)14-5-4-13/h6H,4-5,13H2,1-3H3,(H,14,18). The van der Waals surface area contributed by atoms with Crippen LogP contribution < -0.4 is 11.1 Å². The van der Waals surface area contributed by atoms with Crippen LogP contribution in [0.2, 0.25) is 0 Å². The molecule has 0 radical (unpaired) electrons. The molecule has 0 atom stereocenters. The summed E-state index contributed by atoms with van der Waals surface area (Å²) in [5.74, 6) is -0.176. The molecule has 0 saturated heterocycles. The average molecular weight is 247 g/mol. The molecule has 2 heterocycles. The van der Waals surface area contributed by atoms with Gasteiger partial charge in [-0.05, 0) is 26.8 Å². The molecular formula is C12H17N5O. The molecular weight excluding hydrogens is 230 g/mol. The lowest BCUT2D eigenvalue weighted by molar-refractivity contribution is 0.0955. The summed E-state index contributed by atoms with van der Waals surface area (Å²) < 4.78 is 1.69. The summed E-state index contributed by atoms with van der Waals surface area (Å²) in [7, 11) is 0. The Morgan fingerprint density at radius 3 is 2.83 bits per heavy atom. The van der Waals surface area contributed by atoms with Crippen molar-refractivity contribution in [3.63, 3.8) is 0 Å². The van der Waals surface area contributed by atoms with Crippen molar-refractivity contribution in [1.29, 1.82) is 0 Å². The minimum absolute atomic E-state index is 0.176. The molecule has 3 N–H and O–H groups in total. The van der Waals surface area contributed by atoms with E-state index in [1.165, 1.54) is 0 Å². The van der Waals surface area contributed by atoms with E-state index < -0.39 is 0 Å². The van der Waals surface area contributed by atoms with Gasteiger partial charge in [0.05, 0.1) is 5.69 Å². The second-order valence-corrected chi connectivity index (χ2v) is 4.28. The molecule has 0 fully saturated rings. The van der Waals surface area contributed by atoms with E-state index in [9.17, 15) is 4.79 Å². The second kappa shape index (κ2) is 4.73. The molecule has 0 aliphatic carbocycles. The highest BCUT2D eigenvalue weighted by atomic mass is 16.1. The minimum Gasteiger partial charge on any atom is -0.351 e. The van der Waals surface area contributed by atoms with E-state index in [-0.39, 0.29) is 5.91 Å². The van der Waals surface area contributed by atoms with Crippen molar-refractivity contribution in [2.24, 2.45) is 5.73 Å². The number of aromatic nitrogens is 3. The Labute approximate surface area is 105 Å². The van der Waals surface area contributed by atoms with E-state index >= 15 is 0 Å². The van der Waals surface area contributed by atoms with Gasteiger partial charge >= 0.3 is 0 Å². The average Bonchev–Trinajstić information content (AvgIpc) is 2.63. The molecule has 6 heteroatoms. The zero-order chi connectivity index (χ0) is 13.3. The van der Waals surface area contributed by atoms with Crippen LogP contribution in [0.15, 0.2) is 6.07 Å². The van der Waals surface area contributed by atoms with Gasteiger partial charge in [0.25, 0.3) is 5.91 Å². The first kappa shape index (κ1) is 12.5. The first-order valence-corrected chi connectivity index (χ1v) is 5.86. The van der Waals surface area contributed by atoms with Crippen LogP contribution in [0.1, 0.15) is 27.4 Å². The van der Waals surface area contributed by atoms with Crippen LogP contribution in [-0.2, 0) is 0 Å². The van der Waals surface area contributed by atoms with Crippen LogP contribution in [0.5, 0.6) is 0 Å². The summed E-state index contributed by atoms with van der Waals surface area (Å²) in [5.41, 5.74) is 9.00. The molecule has 0 bridgehead atoms. The quantitative estimate of drug-likeness (QED) is 0.819. The van der Waals surface area contributed by atoms with Crippen molar-refractivity contribution in [3.8, 4) is 0 Å². The van der Waals surface area contributed by atoms with Crippen molar-refractivity contribution < 1.29 is 4.79 Å². The van der Waals surface area contributed by atoms with Crippen LogP contribution >= 0.6 is 0 Å². The van der Waals surface area contributed by atoms with Gasteiger partial charge in [0.15, 0.2) is 5.65 Å². The Hall–Kier alpha value is -1.95. The molecule has 0 aliphatic rings. The Morgan fingerprint density at radius 1 is 1.44 bits per heavy atom. The van der Waals surface area contributed by atoms with Gasteiger partial charge in [0.2, 0.25) is 0 Å². The van der Waals surface area contributed by atoms with Gasteiger partial charge in [0.1, 0.15) is 5.56 Å². The molecule has 0 aliphatic heterocycles. The number of rotatable bonds is 3. The molecule has 1 amide bonds. The molecule has 0 unspecified atom stereocenters. The normalized spacial score (nSPS) is 10.9. The number of amides is 1. The third-order valence-electron chi connectivity index (χ3n) is 2.73. The van der Waals surface area contributed by atoms with Gasteiger partial charge in [-0.3, -0.25) is 4.79 Å². The Balaban J connectivity index is 2.56. The Morgan fingerprint density at radius 2 is 2.17 bits per heavy atom. The van der Waals surface area contributed by atoms with Crippen LogP contribution in [0, 0.1) is 20.8 Å². The van der Waals surface area contributed by atoms with Gasteiger partial charge in [-0.2, -0.15) is 5.10 Å². The molecule has 96 valence electrons. The van der Waals surface area contributed by atoms with Gasteiger partial charge in [-0.15, -0.1) is 0 Å². The number of nitrogens with zero attached hydrogens (tertiary/aromatic N) is 3. The molecule has 0 spiro atoms. The van der Waals surface area contributed by atoms with Crippen molar-refractivity contribution in [2.75, 3.05) is 13.1 Å². The second-order valence-electron chi connectivity index (χ2n) is 4.28. The highest BCUT2D eigenvalue weighted by molar-refractivity contribution is 6.01. The highest BCUT2D eigenvalue weighted by Gasteiger charge is 2.18. The lowest BCUT2D eigenvalue weighted by Gasteiger charge is -2.03. The van der Waals surface area contributed by atoms with Crippen LogP contribution in [-0.4, -0.2) is 33.6 Å². The Bertz CT molecular complexity index is 602. The van der Waals surface area contributed by atoms with Crippen molar-refractivity contribution in [3.05, 3.63) is 28.7 Å². The number of hydrogen-bond donors (Lipinski definition) is 2. The molecule has 2 aromatic rings. The smallest absolute Gasteiger partial charge is 0.257 e. The number of nitrogens with two attached hydrogens (primary N) is 1. The lowest BCUT2D eigenvalue weighted by atomic mass is 10.2. The fraction of sp³-hybridized carbons (Fsp3) is 0.417. The number of fused-ring (bicyclic) bond motifs is 1. The van der Waals surface area contributed by atoms with E-state index in [1.807, 2.05) is 19.9 Å². The predicted octanol–water partition coefficient (Wildman–Crippen LogP) is 0.343. The molecule has 0 saturated carbocycles. The van der Waals surface area contributed by atoms with Crippen molar-refractivity contribution in [1.82, 2.24) is 19.9 Å². The SMILES string of the molecule is Cc1cc(C)n2nc(C)c(C(=O)NCCN)c2n1. The number of hydrogen-bond acceptors (Lipinski definition) is 4. The van der Waals surface area contributed by atoms with Crippen LogP contribution in [0.25, 0.3) is 5.65 Å². The largest absolute Gasteiger partial charge is 0.351 e. The molecule has 18 heavy (non-hydrogen) atoms. The molecule has 0 aromatic carbocycles. The number of carbonyl (C=O) groups excluding carboxylic acids is 1. The lowest BCUT2D eigenvalue weighted by Crippen LogP contribution is -2.29. The van der Waals surface area contributed by atoms with E-state index in [4.69, 9.17) is 5.73 Å². The van der Waals surface area contributed by atoms with E-state index in [0.29, 0.717) is 30.0 Å². The highest BCUT2D eigenvalue weighted by Crippen LogP contribution is 2.15. The molecule has 6 nitrogen and oxygen atoms in total. The maximum atomic E-state index is 12.1. The van der Waals surface area contributed by atoms with Gasteiger partial charge in [-0.1, -0.05) is 0 Å². The zero-order valence-electron chi connectivity index (χ0n) is 10.8. The van der Waals surface area contributed by atoms with Crippen LogP contribution in [0.3, 0.4) is 0 Å². The Kier molecular flexibility index (Phi) is 3.29. The fourth-order valence-electron chi connectivity index (χ4n) is 1.97. The topological polar surface area (TPSA) is 85.3 Å². The molecule has 2 aromatic heterocycles. The maximum absolute atomic E-state index is 12.1. The van der Waals surface area contributed by atoms with Crippen LogP contribution in [0.4, 0.5) is 0 Å². The van der Waals surface area contributed by atoms with E-state index in [1.54, 1.807) is 11.4 Å². The predicted molar refractivity (Wildman–Crippen MR) is 68.6 cm³/mol. The molecule has 2 rings (SSSR count). The van der Waals surface area contributed by atoms with Gasteiger partial charge in [-0.25, -0.2) is 9.50 Å². The van der Waals surface area contributed by atoms with Crippen molar-refractivity contribution >= 4 is 11.6 Å². The number of aryl methyl sites for hydroxylation is 3. The summed E-state index contributed by atoms with van der Waals surface area (Å²) in [6.07, 6.45) is 0. The number of carbonyl (C=O) groups is 1. The van der Waals surface area contributed by atoms with E-state index in [2.05, 4.69) is 15.4 Å². The third-order valence-corrected chi connectivity index (χ3v) is 2.73. The zero-order valence-corrected chi connectivity index (χ0v) is 10.8. The maximum Gasteiger partial charge on any atom is 0.257 e. The summed E-state index contributed by atoms with van der Waals surface area (Å²) >= 11 is 0. The monoisotopic (exact) mass is 247 g/mol. The summed E-state index contributed by atoms with van der Waals surface area (Å²) in [6.45, 7) is 6.50. The third kappa shape index (κ3) is 2.06. The number of nitrogens with one attached hydrogen (secondary N) is 1. The fourth-order valence-corrected chi connectivity index (χ4v) is 1.97. The van der Waals surface area contributed by atoms with Gasteiger partial charge < -0.3 is 11.1 Å². The van der Waals surface area contributed by atoms with E-state index in [0.717, 1.165) is 11.4 Å². The first-order valence-electron chi connectivity index (χ1n) is 5.86. The van der Waals surface area contributed by atoms with Gasteiger partial charge in [0, 0.05) is 24.5 Å². The first-order chi connectivity index (χ1) is 8.54. The summed E-state index contributed by atoms with van der Waals surface area (Å²) in [4.78, 5) is 16.5. The summed E-state index contributed by atoms with van der Waals surface area (Å²) in [5, 5.41) is 7.09. The minimum atomic E-state index is -0.176.